The molecule has 0 saturated heterocycles. The largest absolute Gasteiger partial charge is 0.309 e. The Labute approximate surface area is 313 Å². The second-order valence-electron chi connectivity index (χ2n) is 15.2. The van der Waals surface area contributed by atoms with Gasteiger partial charge in [-0.3, -0.25) is 0 Å². The van der Waals surface area contributed by atoms with E-state index in [-0.39, 0.29) is 5.41 Å². The first-order valence-corrected chi connectivity index (χ1v) is 21.0. The van der Waals surface area contributed by atoms with Gasteiger partial charge in [0.2, 0.25) is 0 Å². The Balaban J connectivity index is 1.17. The number of nitrogens with zero attached hydrogens (tertiary/aromatic N) is 1. The van der Waals surface area contributed by atoms with Gasteiger partial charge in [-0.15, -0.1) is 0 Å². The highest BCUT2D eigenvalue weighted by Gasteiger charge is 2.46. The quantitative estimate of drug-likeness (QED) is 0.121. The molecule has 1 nitrogen and oxygen atoms in total. The van der Waals surface area contributed by atoms with Crippen LogP contribution in [0.5, 0.6) is 0 Å². The molecule has 0 fully saturated rings. The normalized spacial score (nSPS) is 16.0. The van der Waals surface area contributed by atoms with E-state index in [1.807, 2.05) is 0 Å². The van der Waals surface area contributed by atoms with E-state index in [0.717, 1.165) is 6.42 Å². The predicted octanol–water partition coefficient (Wildman–Crippen LogP) is 11.0. The number of hydrogen-bond donors (Lipinski definition) is 0. The standard InChI is InChI=1S/C51H41NSi/c1-51(2)47-27-14-12-23-43(47)45-26-16-25-42(50(45)51)36-29-31-40(32-30-36)53(38-19-8-4-9-20-38,39-21-10-5-11-22-39)41-33-34-49-46(35-41)44-24-13-15-28-48(44)52(49)37-17-6-3-7-18-37/h3-31,33-35,40H,32H2,1-2H3. The summed E-state index contributed by atoms with van der Waals surface area (Å²) in [6.45, 7) is 4.79. The summed E-state index contributed by atoms with van der Waals surface area (Å²) in [5.41, 5.74) is 12.2. The van der Waals surface area contributed by atoms with Crippen molar-refractivity contribution in [2.24, 2.45) is 0 Å². The Morgan fingerprint density at radius 3 is 1.85 bits per heavy atom. The van der Waals surface area contributed by atoms with Crippen LogP contribution in [-0.2, 0) is 5.41 Å². The average Bonchev–Trinajstić information content (AvgIpc) is 3.68. The van der Waals surface area contributed by atoms with Crippen molar-refractivity contribution in [3.63, 3.8) is 0 Å². The Morgan fingerprint density at radius 2 is 1.13 bits per heavy atom. The fourth-order valence-corrected chi connectivity index (χ4v) is 15.1. The molecule has 0 spiro atoms. The summed E-state index contributed by atoms with van der Waals surface area (Å²) in [5.74, 6) is 0. The first-order chi connectivity index (χ1) is 26.1. The molecule has 53 heavy (non-hydrogen) atoms. The summed E-state index contributed by atoms with van der Waals surface area (Å²) in [6.07, 6.45) is 8.55. The third-order valence-electron chi connectivity index (χ3n) is 12.1. The number of para-hydroxylation sites is 2. The van der Waals surface area contributed by atoms with Gasteiger partial charge < -0.3 is 4.57 Å². The molecule has 1 unspecified atom stereocenters. The molecule has 0 N–H and O–H groups in total. The van der Waals surface area contributed by atoms with E-state index in [4.69, 9.17) is 0 Å². The Bertz CT molecular complexity index is 2680. The fourth-order valence-electron chi connectivity index (χ4n) is 9.85. The minimum atomic E-state index is -2.67. The zero-order valence-corrected chi connectivity index (χ0v) is 31.2. The van der Waals surface area contributed by atoms with Gasteiger partial charge in [0, 0.05) is 21.9 Å². The van der Waals surface area contributed by atoms with Gasteiger partial charge in [0.1, 0.15) is 0 Å². The van der Waals surface area contributed by atoms with Crippen molar-refractivity contribution in [2.75, 3.05) is 0 Å². The summed E-state index contributed by atoms with van der Waals surface area (Å²) in [7, 11) is -2.67. The molecule has 8 aromatic rings. The molecule has 2 aliphatic carbocycles. The molecule has 1 aromatic heterocycles. The van der Waals surface area contributed by atoms with E-state index in [2.05, 4.69) is 213 Å². The van der Waals surface area contributed by atoms with E-state index in [1.54, 1.807) is 0 Å². The molecule has 0 saturated carbocycles. The number of fused-ring (bicyclic) bond motifs is 6. The Kier molecular flexibility index (Phi) is 7.38. The smallest absolute Gasteiger partial charge is 0.155 e. The zero-order valence-electron chi connectivity index (χ0n) is 30.2. The van der Waals surface area contributed by atoms with Crippen LogP contribution in [0.15, 0.2) is 194 Å². The molecule has 254 valence electrons. The van der Waals surface area contributed by atoms with Crippen LogP contribution in [-0.4, -0.2) is 12.6 Å². The zero-order chi connectivity index (χ0) is 35.6. The molecule has 1 atom stereocenters. The van der Waals surface area contributed by atoms with E-state index >= 15 is 0 Å². The van der Waals surface area contributed by atoms with Crippen molar-refractivity contribution in [3.05, 3.63) is 211 Å². The molecular weight excluding hydrogens is 655 g/mol. The maximum atomic E-state index is 2.58. The molecular formula is C51H41NSi. The number of hydrogen-bond acceptors (Lipinski definition) is 0. The second kappa shape index (κ2) is 12.3. The lowest BCUT2D eigenvalue weighted by molar-refractivity contribution is 0.658. The van der Waals surface area contributed by atoms with Crippen LogP contribution in [0.2, 0.25) is 5.54 Å². The fraction of sp³-hybridized carbons (Fsp3) is 0.0980. The molecule has 2 heteroatoms. The van der Waals surface area contributed by atoms with Crippen molar-refractivity contribution in [1.82, 2.24) is 4.57 Å². The summed E-state index contributed by atoms with van der Waals surface area (Å²) < 4.78 is 2.43. The van der Waals surface area contributed by atoms with Gasteiger partial charge in [0.05, 0.1) is 11.0 Å². The third kappa shape index (κ3) is 4.75. The average molecular weight is 696 g/mol. The molecule has 2 aliphatic rings. The van der Waals surface area contributed by atoms with Crippen LogP contribution >= 0.6 is 0 Å². The summed E-state index contributed by atoms with van der Waals surface area (Å²) in [4.78, 5) is 0. The monoisotopic (exact) mass is 695 g/mol. The van der Waals surface area contributed by atoms with Crippen LogP contribution < -0.4 is 15.6 Å². The lowest BCUT2D eigenvalue weighted by Gasteiger charge is -2.40. The topological polar surface area (TPSA) is 4.93 Å². The maximum Gasteiger partial charge on any atom is 0.155 e. The number of allylic oxidation sites excluding steroid dienone is 4. The van der Waals surface area contributed by atoms with Crippen molar-refractivity contribution in [3.8, 4) is 16.8 Å². The molecule has 0 radical (unpaired) electrons. The molecule has 1 heterocycles. The van der Waals surface area contributed by atoms with Gasteiger partial charge in [0.25, 0.3) is 0 Å². The molecule has 0 bridgehead atoms. The van der Waals surface area contributed by atoms with Crippen LogP contribution in [0, 0.1) is 0 Å². The minimum absolute atomic E-state index is 0.0605. The Hall–Kier alpha value is -5.96. The van der Waals surface area contributed by atoms with Gasteiger partial charge in [-0.2, -0.15) is 0 Å². The molecule has 0 aliphatic heterocycles. The molecule has 10 rings (SSSR count). The van der Waals surface area contributed by atoms with E-state index in [9.17, 15) is 0 Å². The minimum Gasteiger partial charge on any atom is -0.309 e. The van der Waals surface area contributed by atoms with Crippen LogP contribution in [0.4, 0.5) is 0 Å². The predicted molar refractivity (Wildman–Crippen MR) is 228 cm³/mol. The summed E-state index contributed by atoms with van der Waals surface area (Å²) in [6, 6.07) is 65.8. The molecule has 7 aromatic carbocycles. The van der Waals surface area contributed by atoms with Crippen molar-refractivity contribution < 1.29 is 0 Å². The summed E-state index contributed by atoms with van der Waals surface area (Å²) in [5, 5.41) is 6.94. The van der Waals surface area contributed by atoms with Crippen LogP contribution in [0.25, 0.3) is 44.2 Å². The Morgan fingerprint density at radius 1 is 0.528 bits per heavy atom. The maximum absolute atomic E-state index is 2.67. The van der Waals surface area contributed by atoms with Crippen molar-refractivity contribution in [2.45, 2.75) is 31.2 Å². The molecule has 0 amide bonds. The third-order valence-corrected chi connectivity index (χ3v) is 17.4. The summed E-state index contributed by atoms with van der Waals surface area (Å²) >= 11 is 0. The van der Waals surface area contributed by atoms with Crippen LogP contribution in [0.3, 0.4) is 0 Å². The van der Waals surface area contributed by atoms with E-state index in [1.165, 1.54) is 76.4 Å². The van der Waals surface area contributed by atoms with E-state index in [0.29, 0.717) is 5.54 Å². The van der Waals surface area contributed by atoms with Crippen LogP contribution in [0.1, 0.15) is 37.0 Å². The number of benzene rings is 7. The van der Waals surface area contributed by atoms with Gasteiger partial charge in [-0.05, 0) is 85.2 Å². The van der Waals surface area contributed by atoms with Gasteiger partial charge in [0.15, 0.2) is 8.07 Å². The van der Waals surface area contributed by atoms with Crippen molar-refractivity contribution in [1.29, 1.82) is 0 Å². The first kappa shape index (κ1) is 31.7. The van der Waals surface area contributed by atoms with E-state index < -0.39 is 8.07 Å². The van der Waals surface area contributed by atoms with Gasteiger partial charge in [-0.25, -0.2) is 0 Å². The SMILES string of the molecule is CC1(C)c2ccccc2-c2cccc(C3=CCC([Si](c4ccccc4)(c4ccccc4)c4ccc5c(c4)c4ccccc4n5-c4ccccc4)C=C3)c21. The highest BCUT2D eigenvalue weighted by molar-refractivity contribution is 7.12. The van der Waals surface area contributed by atoms with Crippen molar-refractivity contribution >= 4 is 51.0 Å². The lowest BCUT2D eigenvalue weighted by atomic mass is 9.78. The highest BCUT2D eigenvalue weighted by Crippen LogP contribution is 2.51. The first-order valence-electron chi connectivity index (χ1n) is 18.9. The second-order valence-corrected chi connectivity index (χ2v) is 19.3. The van der Waals surface area contributed by atoms with Gasteiger partial charge in [-0.1, -0.05) is 184 Å². The lowest BCUT2D eigenvalue weighted by Crippen LogP contribution is -2.69. The highest BCUT2D eigenvalue weighted by atomic mass is 28.3. The van der Waals surface area contributed by atoms with Gasteiger partial charge >= 0.3 is 0 Å². The number of rotatable bonds is 6. The number of aromatic nitrogens is 1.